The minimum Gasteiger partial charge on any atom is -0.356 e. The molecule has 4 saturated heterocycles. The maximum absolute atomic E-state index is 15.3. The van der Waals surface area contributed by atoms with E-state index in [2.05, 4.69) is 56.3 Å². The van der Waals surface area contributed by atoms with E-state index in [9.17, 15) is 19.2 Å². The summed E-state index contributed by atoms with van der Waals surface area (Å²) in [6.45, 7) is 8.60. The SMILES string of the molecule is CC(C)n1cnc2cc(-c3ccc4c(c3)N(C3CC(N5CCCCC5)C3)C(=O)C43CCN(C(=O)c4ccc(C(=O)N(C)C5CCN(c6ccc(C7CCC(=O)NC7=O)cn6)CC5)cc4)CC3)nc(Nc3ccccc3F)c21. The molecule has 5 amide bonds. The number of para-hydroxylation sites is 1. The van der Waals surface area contributed by atoms with Crippen molar-refractivity contribution in [2.45, 2.75) is 120 Å². The van der Waals surface area contributed by atoms with E-state index in [1.165, 1.54) is 25.3 Å². The molecule has 398 valence electrons. The minimum atomic E-state index is -0.790. The predicted octanol–water partition coefficient (Wildman–Crippen LogP) is 8.76. The van der Waals surface area contributed by atoms with Gasteiger partial charge in [-0.25, -0.2) is 19.3 Å². The Morgan fingerprint density at radius 1 is 0.818 bits per heavy atom. The summed E-state index contributed by atoms with van der Waals surface area (Å²) in [6.07, 6.45) is 12.3. The van der Waals surface area contributed by atoms with Gasteiger partial charge >= 0.3 is 0 Å². The molecule has 8 heterocycles. The molecule has 1 unspecified atom stereocenters. The van der Waals surface area contributed by atoms with Crippen molar-refractivity contribution in [2.75, 3.05) is 61.4 Å². The van der Waals surface area contributed by atoms with Gasteiger partial charge < -0.3 is 34.4 Å². The number of benzene rings is 3. The number of carbonyl (C=O) groups excluding carboxylic acids is 5. The summed E-state index contributed by atoms with van der Waals surface area (Å²) in [4.78, 5) is 92.5. The number of halogens is 1. The van der Waals surface area contributed by atoms with Gasteiger partial charge in [0, 0.05) is 92.4 Å². The van der Waals surface area contributed by atoms with Crippen LogP contribution >= 0.6 is 0 Å². The first-order valence-electron chi connectivity index (χ1n) is 27.7. The summed E-state index contributed by atoms with van der Waals surface area (Å²) in [5.41, 5.74) is 6.22. The highest BCUT2D eigenvalue weighted by Crippen LogP contribution is 2.52. The normalized spacial score (nSPS) is 21.9. The zero-order valence-corrected chi connectivity index (χ0v) is 44.1. The monoisotopic (exact) mass is 1040 g/mol. The van der Waals surface area contributed by atoms with E-state index in [0.717, 1.165) is 78.0 Å². The average Bonchev–Trinajstić information content (AvgIpc) is 4.20. The Labute approximate surface area is 448 Å². The highest BCUT2D eigenvalue weighted by Gasteiger charge is 2.56. The van der Waals surface area contributed by atoms with Gasteiger partial charge in [-0.15, -0.1) is 0 Å². The van der Waals surface area contributed by atoms with Gasteiger partial charge in [0.25, 0.3) is 11.8 Å². The van der Waals surface area contributed by atoms with Crippen LogP contribution in [0.2, 0.25) is 0 Å². The molecule has 6 aromatic rings. The summed E-state index contributed by atoms with van der Waals surface area (Å²) >= 11 is 0. The van der Waals surface area contributed by atoms with Crippen LogP contribution < -0.4 is 20.4 Å². The number of hydrogen-bond donors (Lipinski definition) is 2. The van der Waals surface area contributed by atoms with Crippen LogP contribution in [0.15, 0.2) is 97.5 Å². The van der Waals surface area contributed by atoms with Crippen molar-refractivity contribution in [1.29, 1.82) is 0 Å². The third-order valence-electron chi connectivity index (χ3n) is 17.6. The summed E-state index contributed by atoms with van der Waals surface area (Å²) in [6, 6.07) is 26.2. The molecule has 1 spiro atoms. The number of anilines is 4. The molecule has 1 saturated carbocycles. The molecule has 5 aliphatic heterocycles. The van der Waals surface area contributed by atoms with Gasteiger partial charge in [0.1, 0.15) is 17.2 Å². The Morgan fingerprint density at radius 3 is 2.26 bits per heavy atom. The number of pyridine rings is 2. The molecule has 6 aliphatic rings. The zero-order valence-electron chi connectivity index (χ0n) is 44.1. The number of rotatable bonds is 11. The molecule has 2 N–H and O–H groups in total. The molecule has 77 heavy (non-hydrogen) atoms. The van der Waals surface area contributed by atoms with Gasteiger partial charge in [0.2, 0.25) is 17.7 Å². The smallest absolute Gasteiger partial charge is 0.253 e. The van der Waals surface area contributed by atoms with Crippen LogP contribution in [0.1, 0.15) is 128 Å². The number of amides is 5. The highest BCUT2D eigenvalue weighted by molar-refractivity contribution is 6.10. The van der Waals surface area contributed by atoms with E-state index in [4.69, 9.17) is 9.97 Å². The van der Waals surface area contributed by atoms with Gasteiger partial charge in [0.05, 0.1) is 34.6 Å². The summed E-state index contributed by atoms with van der Waals surface area (Å²) in [5.74, 6) is -0.101. The van der Waals surface area contributed by atoms with Crippen LogP contribution in [0, 0.1) is 5.82 Å². The van der Waals surface area contributed by atoms with E-state index in [0.29, 0.717) is 86.2 Å². The Bertz CT molecular complexity index is 3260. The van der Waals surface area contributed by atoms with Crippen molar-refractivity contribution in [1.82, 2.24) is 39.5 Å². The second kappa shape index (κ2) is 20.4. The van der Waals surface area contributed by atoms with Crippen molar-refractivity contribution >= 4 is 63.6 Å². The largest absolute Gasteiger partial charge is 0.356 e. The quantitative estimate of drug-likeness (QED) is 0.119. The fourth-order valence-electron chi connectivity index (χ4n) is 13.0. The number of piperidine rings is 4. The van der Waals surface area contributed by atoms with Crippen molar-refractivity contribution in [3.63, 3.8) is 0 Å². The number of aromatic nitrogens is 4. The Hall–Kier alpha value is -7.53. The first-order valence-corrected chi connectivity index (χ1v) is 27.7. The topological polar surface area (TPSA) is 169 Å². The second-order valence-electron chi connectivity index (χ2n) is 22.4. The lowest BCUT2D eigenvalue weighted by atomic mass is 9.73. The number of likely N-dealkylation sites (tertiary alicyclic amines) is 2. The fraction of sp³-hybridized carbons (Fsp3) is 0.433. The van der Waals surface area contributed by atoms with Crippen LogP contribution in [0.5, 0.6) is 0 Å². The van der Waals surface area contributed by atoms with Crippen LogP contribution in [-0.2, 0) is 19.8 Å². The van der Waals surface area contributed by atoms with Gasteiger partial charge in [-0.05, 0) is 150 Å². The molecule has 12 rings (SSSR count). The number of nitrogens with one attached hydrogen (secondary N) is 2. The third-order valence-corrected chi connectivity index (χ3v) is 17.6. The number of hydrogen-bond acceptors (Lipinski definition) is 11. The standard InChI is InChI=1S/C60H66FN11O5/c1-37(2)71-36-63-50-34-49(65-55(54(50)71)64-48-10-6-5-9-47(48)61)40-15-18-46-51(31-40)72(44-32-43(33-44)68-25-7-4-8-26-68)59(77)60(46)23-29-70(30-24-60)58(76)39-13-11-38(12-14-39)57(75)67(3)42-21-27-69(28-22-42)52-19-16-41(35-62-52)45-17-20-53(73)66-56(45)74/h5-6,9-16,18-19,31,34-37,42-45H,4,7-8,17,20-30,32-33H2,1-3H3,(H,64,65)(H,66,73,74). The summed E-state index contributed by atoms with van der Waals surface area (Å²) in [7, 11) is 1.84. The highest BCUT2D eigenvalue weighted by atomic mass is 19.1. The van der Waals surface area contributed by atoms with E-state index >= 15 is 9.18 Å². The molecule has 0 bridgehead atoms. The van der Waals surface area contributed by atoms with Crippen LogP contribution in [-0.4, -0.2) is 128 Å². The van der Waals surface area contributed by atoms with Crippen LogP contribution in [0.3, 0.4) is 0 Å². The molecule has 0 radical (unpaired) electrons. The lowest BCUT2D eigenvalue weighted by Crippen LogP contribution is -2.58. The van der Waals surface area contributed by atoms with E-state index in [1.807, 2.05) is 40.8 Å². The van der Waals surface area contributed by atoms with E-state index < -0.39 is 5.41 Å². The minimum absolute atomic E-state index is 0.0263. The van der Waals surface area contributed by atoms with Crippen molar-refractivity contribution in [2.24, 2.45) is 0 Å². The average molecular weight is 1040 g/mol. The number of fused-ring (bicyclic) bond motifs is 3. The molecule has 17 heteroatoms. The lowest BCUT2D eigenvalue weighted by Gasteiger charge is -2.48. The van der Waals surface area contributed by atoms with Crippen molar-refractivity contribution < 1.29 is 28.4 Å². The third kappa shape index (κ3) is 9.29. The number of nitrogens with zero attached hydrogens (tertiary/aromatic N) is 9. The number of imide groups is 1. The van der Waals surface area contributed by atoms with E-state index in [-0.39, 0.29) is 59.4 Å². The first-order chi connectivity index (χ1) is 37.3. The number of imidazole rings is 1. The summed E-state index contributed by atoms with van der Waals surface area (Å²) < 4.78 is 17.2. The molecule has 16 nitrogen and oxygen atoms in total. The molecular formula is C60H66FN11O5. The Balaban J connectivity index is 0.732. The molecule has 3 aromatic heterocycles. The Morgan fingerprint density at radius 2 is 1.56 bits per heavy atom. The molecule has 5 fully saturated rings. The van der Waals surface area contributed by atoms with Gasteiger partial charge in [0.15, 0.2) is 5.82 Å². The van der Waals surface area contributed by atoms with Gasteiger partial charge in [-0.2, -0.15) is 0 Å². The maximum atomic E-state index is 15.3. The van der Waals surface area contributed by atoms with E-state index in [1.54, 1.807) is 59.9 Å². The molecular weight excluding hydrogens is 974 g/mol. The van der Waals surface area contributed by atoms with Crippen LogP contribution in [0.25, 0.3) is 22.3 Å². The molecule has 3 aromatic carbocycles. The Kier molecular flexibility index (Phi) is 13.4. The lowest BCUT2D eigenvalue weighted by molar-refractivity contribution is -0.134. The molecule has 1 aliphatic carbocycles. The maximum Gasteiger partial charge on any atom is 0.253 e. The van der Waals surface area contributed by atoms with Gasteiger partial charge in [-0.1, -0.05) is 36.8 Å². The molecule has 1 atom stereocenters. The fourth-order valence-corrected chi connectivity index (χ4v) is 13.0. The first kappa shape index (κ1) is 50.3. The summed E-state index contributed by atoms with van der Waals surface area (Å²) in [5, 5.41) is 5.70. The zero-order chi connectivity index (χ0) is 53.1. The number of carbonyl (C=O) groups is 5. The van der Waals surface area contributed by atoms with Gasteiger partial charge in [-0.3, -0.25) is 29.3 Å². The van der Waals surface area contributed by atoms with Crippen molar-refractivity contribution in [3.8, 4) is 11.3 Å². The predicted molar refractivity (Wildman–Crippen MR) is 293 cm³/mol. The van der Waals surface area contributed by atoms with Crippen molar-refractivity contribution in [3.05, 3.63) is 126 Å². The van der Waals surface area contributed by atoms with Crippen LogP contribution in [0.4, 0.5) is 27.4 Å². The second-order valence-corrected chi connectivity index (χ2v) is 22.4.